The van der Waals surface area contributed by atoms with Crippen LogP contribution in [0, 0.1) is 3.57 Å². The molecule has 1 aromatic carbocycles. The van der Waals surface area contributed by atoms with Crippen molar-refractivity contribution in [2.24, 2.45) is 5.11 Å². The third kappa shape index (κ3) is 5.88. The van der Waals surface area contributed by atoms with E-state index in [9.17, 15) is 14.4 Å². The molecule has 9 nitrogen and oxygen atoms in total. The van der Waals surface area contributed by atoms with Gasteiger partial charge in [0.2, 0.25) is 0 Å². The van der Waals surface area contributed by atoms with Crippen LogP contribution in [0.3, 0.4) is 0 Å². The number of azide groups is 1. The van der Waals surface area contributed by atoms with Gasteiger partial charge >= 0.3 is 168 Å². The number of carbonyl (C=O) groups excluding carboxylic acids is 3. The summed E-state index contributed by atoms with van der Waals surface area (Å²) in [6.45, 7) is 1.47. The first-order chi connectivity index (χ1) is 13.0. The summed E-state index contributed by atoms with van der Waals surface area (Å²) in [4.78, 5) is 38.8. The number of methoxy groups -OCH3 is 1. The number of nitrogens with one attached hydrogen (secondary N) is 1. The first-order valence-corrected chi connectivity index (χ1v) is 11.8. The molecule has 0 aromatic heterocycles. The van der Waals surface area contributed by atoms with Gasteiger partial charge in [-0.3, -0.25) is 0 Å². The third-order valence-electron chi connectivity index (χ3n) is 3.21. The molecule has 0 saturated carbocycles. The summed E-state index contributed by atoms with van der Waals surface area (Å²) in [5, 5.41) is 5.08. The van der Waals surface area contributed by atoms with Crippen LogP contribution in [0.15, 0.2) is 38.4 Å². The van der Waals surface area contributed by atoms with Gasteiger partial charge < -0.3 is 0 Å². The third-order valence-corrected chi connectivity index (χ3v) is 9.08. The van der Waals surface area contributed by atoms with E-state index in [1.54, 1.807) is 12.1 Å². The number of amides is 1. The van der Waals surface area contributed by atoms with Crippen LogP contribution in [0.2, 0.25) is 0 Å². The van der Waals surface area contributed by atoms with Crippen molar-refractivity contribution in [2.75, 3.05) is 13.7 Å². The number of hydrogen-bond donors (Lipinski definition) is 1. The molecule has 0 unspecified atom stereocenters. The standard InChI is InChI=1S/C16H17IN4O5S/c1-10(22)20-14(16(24)25-2)27-11(7-8-19-21-18)9-17-13-6-4-3-5-12(13)15(23)26-17/h3-6,9,14H,7-8H2,1-2H3,(H,20,22)/b11-9-/t14-/m0/s1. The van der Waals surface area contributed by atoms with Gasteiger partial charge in [0, 0.05) is 0 Å². The number of rotatable bonds is 8. The van der Waals surface area contributed by atoms with Crippen molar-refractivity contribution in [1.29, 1.82) is 0 Å². The van der Waals surface area contributed by atoms with Crippen molar-refractivity contribution in [3.05, 3.63) is 52.8 Å². The minimum atomic E-state index is -2.42. The van der Waals surface area contributed by atoms with E-state index < -0.39 is 31.6 Å². The first-order valence-electron chi connectivity index (χ1n) is 7.69. The molecule has 11 heteroatoms. The summed E-state index contributed by atoms with van der Waals surface area (Å²) < 4.78 is 13.0. The maximum atomic E-state index is 12.0. The van der Waals surface area contributed by atoms with Gasteiger partial charge in [-0.1, -0.05) is 0 Å². The summed E-state index contributed by atoms with van der Waals surface area (Å²) >= 11 is -1.33. The number of fused-ring (bicyclic) bond motifs is 1. The van der Waals surface area contributed by atoms with Crippen LogP contribution in [0.4, 0.5) is 0 Å². The number of hydrogen-bond acceptors (Lipinski definition) is 7. The average molecular weight is 504 g/mol. The monoisotopic (exact) mass is 504 g/mol. The summed E-state index contributed by atoms with van der Waals surface area (Å²) in [7, 11) is 1.23. The number of nitrogens with zero attached hydrogens (tertiary/aromatic N) is 3. The Bertz CT molecular complexity index is 825. The summed E-state index contributed by atoms with van der Waals surface area (Å²) in [6.07, 6.45) is 0.343. The van der Waals surface area contributed by atoms with Gasteiger partial charge in [0.05, 0.1) is 0 Å². The van der Waals surface area contributed by atoms with Gasteiger partial charge in [-0.2, -0.15) is 0 Å². The van der Waals surface area contributed by atoms with Crippen molar-refractivity contribution in [1.82, 2.24) is 5.32 Å². The fourth-order valence-corrected chi connectivity index (χ4v) is 7.87. The van der Waals surface area contributed by atoms with Gasteiger partial charge in [-0.25, -0.2) is 0 Å². The molecule has 0 radical (unpaired) electrons. The zero-order chi connectivity index (χ0) is 19.8. The molecule has 0 aliphatic carbocycles. The number of benzene rings is 1. The molecule has 27 heavy (non-hydrogen) atoms. The van der Waals surface area contributed by atoms with Crippen LogP contribution in [0.25, 0.3) is 10.4 Å². The second kappa shape index (κ2) is 10.2. The van der Waals surface area contributed by atoms with Crippen molar-refractivity contribution in [3.8, 4) is 0 Å². The summed E-state index contributed by atoms with van der Waals surface area (Å²) in [5.41, 5.74) is 9.04. The van der Waals surface area contributed by atoms with Gasteiger partial charge in [0.15, 0.2) is 0 Å². The maximum absolute atomic E-state index is 12.0. The molecular weight excluding hydrogens is 487 g/mol. The van der Waals surface area contributed by atoms with Crippen LogP contribution in [-0.4, -0.2) is 36.9 Å². The zero-order valence-corrected chi connectivity index (χ0v) is 17.5. The molecule has 0 saturated heterocycles. The van der Waals surface area contributed by atoms with E-state index in [1.807, 2.05) is 16.2 Å². The molecule has 1 aliphatic heterocycles. The van der Waals surface area contributed by atoms with E-state index in [2.05, 4.69) is 15.3 Å². The molecular formula is C16H17IN4O5S. The molecule has 0 bridgehead atoms. The Kier molecular flexibility index (Phi) is 7.95. The van der Waals surface area contributed by atoms with E-state index in [-0.39, 0.29) is 18.4 Å². The Balaban J connectivity index is 2.29. The molecule has 2 rings (SSSR count). The average Bonchev–Trinajstić information content (AvgIpc) is 2.96. The van der Waals surface area contributed by atoms with E-state index >= 15 is 0 Å². The second-order valence-corrected chi connectivity index (χ2v) is 10.1. The number of thioether (sulfide) groups is 1. The molecule has 1 amide bonds. The van der Waals surface area contributed by atoms with Crippen LogP contribution in [0.5, 0.6) is 0 Å². The Morgan fingerprint density at radius 3 is 2.89 bits per heavy atom. The van der Waals surface area contributed by atoms with Crippen LogP contribution < -0.4 is 5.32 Å². The molecule has 1 heterocycles. The van der Waals surface area contributed by atoms with Crippen molar-refractivity contribution < 1.29 is 22.2 Å². The van der Waals surface area contributed by atoms with Crippen LogP contribution in [-0.2, 0) is 17.4 Å². The number of halogens is 1. The van der Waals surface area contributed by atoms with Crippen molar-refractivity contribution in [3.63, 3.8) is 0 Å². The molecule has 0 fully saturated rings. The predicted octanol–water partition coefficient (Wildman–Crippen LogP) is 3.36. The van der Waals surface area contributed by atoms with Gasteiger partial charge in [0.25, 0.3) is 0 Å². The molecule has 1 atom stereocenters. The van der Waals surface area contributed by atoms with Crippen molar-refractivity contribution in [2.45, 2.75) is 18.7 Å². The molecule has 1 N–H and O–H groups in total. The van der Waals surface area contributed by atoms with Gasteiger partial charge in [-0.05, 0) is 0 Å². The first kappa shape index (κ1) is 21.1. The topological polar surface area (TPSA) is 130 Å². The van der Waals surface area contributed by atoms with E-state index in [0.29, 0.717) is 16.9 Å². The van der Waals surface area contributed by atoms with Gasteiger partial charge in [-0.15, -0.1) is 0 Å². The number of esters is 1. The SMILES string of the molecule is COC(=O)[C@@H](NC(C)=O)S/C(=C\I1OC(=O)c2ccccc21)CCN=[N+]=[N-]. The van der Waals surface area contributed by atoms with Gasteiger partial charge in [0.1, 0.15) is 0 Å². The fraction of sp³-hybridized carbons (Fsp3) is 0.312. The fourth-order valence-electron chi connectivity index (χ4n) is 2.06. The van der Waals surface area contributed by atoms with Crippen LogP contribution >= 0.6 is 32.0 Å². The van der Waals surface area contributed by atoms with E-state index in [4.69, 9.17) is 13.3 Å². The van der Waals surface area contributed by atoms with E-state index in [0.717, 1.165) is 15.3 Å². The quantitative estimate of drug-likeness (QED) is 0.144. The van der Waals surface area contributed by atoms with Crippen molar-refractivity contribution >= 4 is 49.8 Å². The molecule has 1 aliphatic rings. The Morgan fingerprint density at radius 1 is 1.48 bits per heavy atom. The second-order valence-electron chi connectivity index (χ2n) is 5.12. The molecule has 144 valence electrons. The van der Waals surface area contributed by atoms with Crippen LogP contribution in [0.1, 0.15) is 23.7 Å². The summed E-state index contributed by atoms with van der Waals surface area (Å²) in [6, 6.07) is 7.17. The molecule has 1 aromatic rings. The minimum absolute atomic E-state index is 0.170. The Labute approximate surface area is 167 Å². The number of ether oxygens (including phenoxy) is 1. The normalized spacial score (nSPS) is 15.3. The predicted molar refractivity (Wildman–Crippen MR) is 108 cm³/mol. The van der Waals surface area contributed by atoms with E-state index in [1.165, 1.54) is 14.0 Å². The Hall–Kier alpha value is -2.24. The Morgan fingerprint density at radius 2 is 2.22 bits per heavy atom. The summed E-state index contributed by atoms with van der Waals surface area (Å²) in [5.74, 6) is -1.36. The molecule has 0 spiro atoms. The zero-order valence-electron chi connectivity index (χ0n) is 14.5. The number of carbonyl (C=O) groups is 3.